The summed E-state index contributed by atoms with van der Waals surface area (Å²) in [5, 5.41) is 4.82. The highest BCUT2D eigenvalue weighted by Gasteiger charge is 2.32. The molecule has 208 valence electrons. The van der Waals surface area contributed by atoms with Gasteiger partial charge in [-0.25, -0.2) is 4.79 Å². The molecule has 2 fully saturated rings. The Morgan fingerprint density at radius 3 is 2.62 bits per heavy atom. The molecule has 3 heterocycles. The van der Waals surface area contributed by atoms with Crippen LogP contribution in [0.2, 0.25) is 0 Å². The second-order valence-corrected chi connectivity index (χ2v) is 11.9. The van der Waals surface area contributed by atoms with Gasteiger partial charge in [0.1, 0.15) is 5.60 Å². The van der Waals surface area contributed by atoms with Crippen molar-refractivity contribution in [2.75, 3.05) is 56.0 Å². The van der Waals surface area contributed by atoms with E-state index in [9.17, 15) is 4.79 Å². The van der Waals surface area contributed by atoms with Gasteiger partial charge >= 0.3 is 6.09 Å². The van der Waals surface area contributed by atoms with Crippen molar-refractivity contribution in [3.63, 3.8) is 0 Å². The SMILES string of the molecule is Cc1ccc2c(N3CCN(CCc4cccc(NC[C@H]5CCCN5C(=O)OC(C)(C)C)c4)CC3)cccc2n1. The first-order valence-electron chi connectivity index (χ1n) is 14.4. The number of piperazine rings is 1. The zero-order valence-electron chi connectivity index (χ0n) is 23.9. The van der Waals surface area contributed by atoms with Gasteiger partial charge in [-0.2, -0.15) is 0 Å². The van der Waals surface area contributed by atoms with Crippen LogP contribution in [0.4, 0.5) is 16.2 Å². The molecule has 2 aromatic carbocycles. The number of nitrogens with zero attached hydrogens (tertiary/aromatic N) is 4. The summed E-state index contributed by atoms with van der Waals surface area (Å²) in [5.41, 5.74) is 5.43. The van der Waals surface area contributed by atoms with Crippen LogP contribution < -0.4 is 10.2 Å². The number of fused-ring (bicyclic) bond motifs is 1. The summed E-state index contributed by atoms with van der Waals surface area (Å²) in [6, 6.07) is 19.7. The van der Waals surface area contributed by atoms with E-state index in [1.54, 1.807) is 0 Å². The molecule has 1 aromatic heterocycles. The van der Waals surface area contributed by atoms with E-state index in [0.717, 1.165) is 82.0 Å². The maximum Gasteiger partial charge on any atom is 0.410 e. The number of pyridine rings is 1. The molecule has 0 spiro atoms. The van der Waals surface area contributed by atoms with Gasteiger partial charge in [-0.15, -0.1) is 0 Å². The number of hydrogen-bond donors (Lipinski definition) is 1. The first-order chi connectivity index (χ1) is 18.7. The van der Waals surface area contributed by atoms with Crippen molar-refractivity contribution in [2.24, 2.45) is 0 Å². The summed E-state index contributed by atoms with van der Waals surface area (Å²) in [6.07, 6.45) is 2.86. The van der Waals surface area contributed by atoms with E-state index in [1.165, 1.54) is 16.6 Å². The Balaban J connectivity index is 1.10. The molecule has 39 heavy (non-hydrogen) atoms. The predicted octanol–water partition coefficient (Wildman–Crippen LogP) is 5.72. The van der Waals surface area contributed by atoms with Gasteiger partial charge in [-0.3, -0.25) is 9.88 Å². The van der Waals surface area contributed by atoms with Gasteiger partial charge in [0.2, 0.25) is 0 Å². The fraction of sp³-hybridized carbons (Fsp3) is 0.500. The van der Waals surface area contributed by atoms with E-state index in [-0.39, 0.29) is 12.1 Å². The number of likely N-dealkylation sites (tertiary alicyclic amines) is 1. The van der Waals surface area contributed by atoms with Crippen molar-refractivity contribution in [2.45, 2.75) is 58.6 Å². The number of carbonyl (C=O) groups is 1. The second-order valence-electron chi connectivity index (χ2n) is 11.9. The summed E-state index contributed by atoms with van der Waals surface area (Å²) in [5.74, 6) is 0. The molecule has 2 aliphatic heterocycles. The maximum absolute atomic E-state index is 12.6. The number of nitrogens with one attached hydrogen (secondary N) is 1. The molecule has 3 aromatic rings. The van der Waals surface area contributed by atoms with Crippen LogP contribution in [-0.2, 0) is 11.2 Å². The normalized spacial score (nSPS) is 18.5. The minimum Gasteiger partial charge on any atom is -0.444 e. The van der Waals surface area contributed by atoms with Gasteiger partial charge in [0, 0.05) is 68.3 Å². The highest BCUT2D eigenvalue weighted by atomic mass is 16.6. The molecule has 5 rings (SSSR count). The van der Waals surface area contributed by atoms with Crippen molar-refractivity contribution >= 4 is 28.4 Å². The van der Waals surface area contributed by atoms with E-state index in [4.69, 9.17) is 9.72 Å². The lowest BCUT2D eigenvalue weighted by Gasteiger charge is -2.36. The van der Waals surface area contributed by atoms with Crippen molar-refractivity contribution in [3.05, 3.63) is 65.9 Å². The van der Waals surface area contributed by atoms with Gasteiger partial charge in [0.15, 0.2) is 0 Å². The Morgan fingerprint density at radius 2 is 1.82 bits per heavy atom. The number of aryl methyl sites for hydroxylation is 1. The largest absolute Gasteiger partial charge is 0.444 e. The van der Waals surface area contributed by atoms with Gasteiger partial charge in [0.25, 0.3) is 0 Å². The van der Waals surface area contributed by atoms with E-state index < -0.39 is 5.60 Å². The van der Waals surface area contributed by atoms with Gasteiger partial charge in [-0.05, 0) is 88.9 Å². The highest BCUT2D eigenvalue weighted by Crippen LogP contribution is 2.27. The third-order valence-corrected chi connectivity index (χ3v) is 7.75. The van der Waals surface area contributed by atoms with E-state index in [1.807, 2.05) is 32.6 Å². The molecule has 2 saturated heterocycles. The number of hydrogen-bond acceptors (Lipinski definition) is 6. The second kappa shape index (κ2) is 11.8. The smallest absolute Gasteiger partial charge is 0.410 e. The average molecular weight is 530 g/mol. The first kappa shape index (κ1) is 27.3. The van der Waals surface area contributed by atoms with Gasteiger partial charge in [-0.1, -0.05) is 18.2 Å². The molecule has 2 aliphatic rings. The minimum atomic E-state index is -0.467. The Kier molecular flexibility index (Phi) is 8.26. The quantitative estimate of drug-likeness (QED) is 0.423. The predicted molar refractivity (Wildman–Crippen MR) is 160 cm³/mol. The van der Waals surface area contributed by atoms with Crippen molar-refractivity contribution < 1.29 is 9.53 Å². The molecule has 1 atom stereocenters. The van der Waals surface area contributed by atoms with Crippen LogP contribution in [0.1, 0.15) is 44.9 Å². The van der Waals surface area contributed by atoms with Gasteiger partial charge < -0.3 is 19.9 Å². The fourth-order valence-corrected chi connectivity index (χ4v) is 5.70. The molecule has 7 nitrogen and oxygen atoms in total. The van der Waals surface area contributed by atoms with Crippen molar-refractivity contribution in [1.82, 2.24) is 14.8 Å². The van der Waals surface area contributed by atoms with Crippen LogP contribution >= 0.6 is 0 Å². The molecule has 0 radical (unpaired) electrons. The molecule has 0 aliphatic carbocycles. The molecular formula is C32H43N5O2. The number of ether oxygens (including phenoxy) is 1. The zero-order valence-corrected chi connectivity index (χ0v) is 23.9. The first-order valence-corrected chi connectivity index (χ1v) is 14.4. The van der Waals surface area contributed by atoms with Crippen molar-refractivity contribution in [3.8, 4) is 0 Å². The Morgan fingerprint density at radius 1 is 1.03 bits per heavy atom. The number of anilines is 2. The van der Waals surface area contributed by atoms with E-state index >= 15 is 0 Å². The number of benzene rings is 2. The maximum atomic E-state index is 12.6. The van der Waals surface area contributed by atoms with Crippen LogP contribution in [-0.4, -0.2) is 78.3 Å². The number of carbonyl (C=O) groups excluding carboxylic acids is 1. The van der Waals surface area contributed by atoms with Crippen LogP contribution in [0, 0.1) is 6.92 Å². The lowest BCUT2D eigenvalue weighted by atomic mass is 10.1. The zero-order chi connectivity index (χ0) is 27.4. The standard InChI is InChI=1S/C32H43N5O2/c1-24-13-14-28-29(34-24)11-6-12-30(28)36-20-18-35(19-21-36)17-15-25-8-5-9-26(22-25)33-23-27-10-7-16-37(27)31(38)39-32(2,3)4/h5-6,8-9,11-14,22,27,33H,7,10,15-21,23H2,1-4H3/t27-/m1/s1. The Bertz CT molecular complexity index is 1280. The topological polar surface area (TPSA) is 60.9 Å². The van der Waals surface area contributed by atoms with E-state index in [0.29, 0.717) is 0 Å². The summed E-state index contributed by atoms with van der Waals surface area (Å²) in [7, 11) is 0. The number of rotatable bonds is 7. The van der Waals surface area contributed by atoms with Crippen molar-refractivity contribution in [1.29, 1.82) is 0 Å². The number of aromatic nitrogens is 1. The van der Waals surface area contributed by atoms with Gasteiger partial charge in [0.05, 0.1) is 11.6 Å². The fourth-order valence-electron chi connectivity index (χ4n) is 5.70. The molecular weight excluding hydrogens is 486 g/mol. The Hall–Kier alpha value is -3.32. The molecule has 0 bridgehead atoms. The lowest BCUT2D eigenvalue weighted by molar-refractivity contribution is 0.0235. The monoisotopic (exact) mass is 529 g/mol. The van der Waals surface area contributed by atoms with Crippen LogP contribution in [0.3, 0.4) is 0 Å². The van der Waals surface area contributed by atoms with Crippen LogP contribution in [0.5, 0.6) is 0 Å². The molecule has 7 heteroatoms. The summed E-state index contributed by atoms with van der Waals surface area (Å²) >= 11 is 0. The molecule has 1 N–H and O–H groups in total. The highest BCUT2D eigenvalue weighted by molar-refractivity contribution is 5.92. The Labute approximate surface area is 233 Å². The molecule has 0 saturated carbocycles. The minimum absolute atomic E-state index is 0.168. The average Bonchev–Trinajstić information content (AvgIpc) is 3.39. The van der Waals surface area contributed by atoms with Crippen LogP contribution in [0.15, 0.2) is 54.6 Å². The van der Waals surface area contributed by atoms with Crippen LogP contribution in [0.25, 0.3) is 10.9 Å². The third-order valence-electron chi connectivity index (χ3n) is 7.75. The summed E-state index contributed by atoms with van der Waals surface area (Å²) in [6.45, 7) is 14.6. The lowest BCUT2D eigenvalue weighted by Crippen LogP contribution is -2.47. The van der Waals surface area contributed by atoms with E-state index in [2.05, 4.69) is 69.7 Å². The summed E-state index contributed by atoms with van der Waals surface area (Å²) < 4.78 is 5.62. The third kappa shape index (κ3) is 7.01. The number of amides is 1. The summed E-state index contributed by atoms with van der Waals surface area (Å²) in [4.78, 5) is 24.3. The molecule has 0 unspecified atom stereocenters. The molecule has 1 amide bonds.